The van der Waals surface area contributed by atoms with Crippen molar-refractivity contribution < 1.29 is 4.79 Å². The van der Waals surface area contributed by atoms with Gasteiger partial charge in [-0.25, -0.2) is 0 Å². The van der Waals surface area contributed by atoms with Gasteiger partial charge in [0.15, 0.2) is 0 Å². The molecule has 2 aliphatic heterocycles. The van der Waals surface area contributed by atoms with Crippen LogP contribution in [0.25, 0.3) is 11.1 Å². The lowest BCUT2D eigenvalue weighted by atomic mass is 9.82. The third-order valence-corrected chi connectivity index (χ3v) is 6.84. The fraction of sp³-hybridized carbons (Fsp3) is 0.522. The van der Waals surface area contributed by atoms with E-state index in [4.69, 9.17) is 0 Å². The van der Waals surface area contributed by atoms with Crippen molar-refractivity contribution in [2.24, 2.45) is 11.8 Å². The molecular weight excluding hydrogens is 350 g/mol. The smallest absolute Gasteiger partial charge is 0.251 e. The molecule has 2 atom stereocenters. The van der Waals surface area contributed by atoms with Gasteiger partial charge in [-0.15, -0.1) is 0 Å². The summed E-state index contributed by atoms with van der Waals surface area (Å²) in [4.78, 5) is 32.0. The molecule has 5 rings (SSSR count). The molecule has 0 N–H and O–H groups in total. The number of hydrogen-bond donors (Lipinski definition) is 0. The Morgan fingerprint density at radius 3 is 2.75 bits per heavy atom. The van der Waals surface area contributed by atoms with Crippen LogP contribution in [0.5, 0.6) is 0 Å². The number of rotatable bonds is 3. The van der Waals surface area contributed by atoms with Gasteiger partial charge >= 0.3 is 0 Å². The van der Waals surface area contributed by atoms with Gasteiger partial charge in [-0.05, 0) is 48.8 Å². The zero-order valence-electron chi connectivity index (χ0n) is 16.2. The predicted molar refractivity (Wildman–Crippen MR) is 108 cm³/mol. The normalized spacial score (nSPS) is 24.2. The molecule has 1 saturated carbocycles. The first-order valence-electron chi connectivity index (χ1n) is 10.6. The first kappa shape index (κ1) is 17.7. The van der Waals surface area contributed by atoms with Gasteiger partial charge in [-0.3, -0.25) is 14.6 Å². The quantitative estimate of drug-likeness (QED) is 0.823. The molecule has 2 aromatic heterocycles. The third-order valence-electron chi connectivity index (χ3n) is 6.84. The summed E-state index contributed by atoms with van der Waals surface area (Å²) < 4.78 is 1.94. The van der Waals surface area contributed by atoms with Crippen LogP contribution in [0.1, 0.15) is 50.1 Å². The summed E-state index contributed by atoms with van der Waals surface area (Å²) in [6, 6.07) is 7.75. The van der Waals surface area contributed by atoms with Crippen LogP contribution < -0.4 is 5.56 Å². The lowest BCUT2D eigenvalue weighted by molar-refractivity contribution is -0.134. The molecule has 2 bridgehead atoms. The summed E-state index contributed by atoms with van der Waals surface area (Å²) in [5.41, 5.74) is 3.05. The molecule has 5 nitrogen and oxygen atoms in total. The molecule has 1 aliphatic carbocycles. The zero-order chi connectivity index (χ0) is 19.1. The molecule has 3 aliphatic rings. The van der Waals surface area contributed by atoms with Crippen molar-refractivity contribution in [3.05, 3.63) is 52.7 Å². The minimum absolute atomic E-state index is 0.0665. The number of hydrogen-bond acceptors (Lipinski definition) is 3. The minimum Gasteiger partial charge on any atom is -0.342 e. The average molecular weight is 377 g/mol. The standard InChI is InChI=1S/C23H27N3O2/c27-22(9-16-4-1-2-5-16)25-13-17-8-20(15-25)21-10-19(11-23(28)26(21)14-17)18-6-3-7-24-12-18/h3,6-7,10-12,16-17,20H,1-2,4-5,8-9,13-15H2/t17-,20+/m0/s1. The maximum Gasteiger partial charge on any atom is 0.251 e. The van der Waals surface area contributed by atoms with E-state index in [0.29, 0.717) is 24.2 Å². The van der Waals surface area contributed by atoms with E-state index in [1.807, 2.05) is 16.7 Å². The molecule has 5 heteroatoms. The molecule has 0 aromatic carbocycles. The molecule has 146 valence electrons. The van der Waals surface area contributed by atoms with Crippen molar-refractivity contribution in [3.63, 3.8) is 0 Å². The summed E-state index contributed by atoms with van der Waals surface area (Å²) in [5.74, 6) is 1.55. The predicted octanol–water partition coefficient (Wildman–Crippen LogP) is 3.44. The Labute approximate surface area is 165 Å². The van der Waals surface area contributed by atoms with Gasteiger partial charge in [-0.2, -0.15) is 0 Å². The molecule has 0 spiro atoms. The van der Waals surface area contributed by atoms with E-state index in [9.17, 15) is 9.59 Å². The second-order valence-electron chi connectivity index (χ2n) is 8.81. The Morgan fingerprint density at radius 2 is 1.96 bits per heavy atom. The van der Waals surface area contributed by atoms with Gasteiger partial charge in [0.1, 0.15) is 0 Å². The Hall–Kier alpha value is -2.43. The molecule has 2 fully saturated rings. The van der Waals surface area contributed by atoms with E-state index in [0.717, 1.165) is 42.9 Å². The Balaban J connectivity index is 1.41. The van der Waals surface area contributed by atoms with Crippen molar-refractivity contribution in [3.8, 4) is 11.1 Å². The highest BCUT2D eigenvalue weighted by Crippen LogP contribution is 2.37. The summed E-state index contributed by atoms with van der Waals surface area (Å²) in [5, 5.41) is 0. The van der Waals surface area contributed by atoms with Crippen molar-refractivity contribution >= 4 is 5.91 Å². The number of aromatic nitrogens is 2. The van der Waals surface area contributed by atoms with E-state index < -0.39 is 0 Å². The van der Waals surface area contributed by atoms with Gasteiger partial charge in [0, 0.05) is 61.7 Å². The Bertz CT molecular complexity index is 931. The van der Waals surface area contributed by atoms with Crippen LogP contribution in [0.4, 0.5) is 0 Å². The average Bonchev–Trinajstić information content (AvgIpc) is 3.22. The lowest BCUT2D eigenvalue weighted by Gasteiger charge is -2.43. The van der Waals surface area contributed by atoms with Crippen molar-refractivity contribution in [1.29, 1.82) is 0 Å². The van der Waals surface area contributed by atoms with E-state index in [1.54, 1.807) is 18.5 Å². The van der Waals surface area contributed by atoms with Crippen LogP contribution in [-0.2, 0) is 11.3 Å². The Morgan fingerprint density at radius 1 is 1.11 bits per heavy atom. The monoisotopic (exact) mass is 377 g/mol. The molecule has 2 aromatic rings. The number of pyridine rings is 2. The number of amides is 1. The number of piperidine rings is 1. The van der Waals surface area contributed by atoms with E-state index >= 15 is 0 Å². The largest absolute Gasteiger partial charge is 0.342 e. The highest BCUT2D eigenvalue weighted by atomic mass is 16.2. The van der Waals surface area contributed by atoms with Crippen LogP contribution in [0, 0.1) is 11.8 Å². The summed E-state index contributed by atoms with van der Waals surface area (Å²) in [6.07, 6.45) is 10.3. The molecule has 0 radical (unpaired) electrons. The Kier molecular flexibility index (Phi) is 4.53. The number of carbonyl (C=O) groups is 1. The SMILES string of the molecule is O=C(CC1CCCC1)N1C[C@@H]2C[C@H](C1)c1cc(-c3cccnc3)cc(=O)n1C2. The van der Waals surface area contributed by atoms with E-state index in [2.05, 4.69) is 16.0 Å². The number of carbonyl (C=O) groups excluding carboxylic acids is 1. The molecule has 1 amide bonds. The van der Waals surface area contributed by atoms with Gasteiger partial charge in [-0.1, -0.05) is 18.9 Å². The maximum absolute atomic E-state index is 12.9. The molecule has 1 saturated heterocycles. The summed E-state index contributed by atoms with van der Waals surface area (Å²) in [7, 11) is 0. The molecule has 0 unspecified atom stereocenters. The highest BCUT2D eigenvalue weighted by Gasteiger charge is 2.37. The molecule has 4 heterocycles. The minimum atomic E-state index is 0.0665. The van der Waals surface area contributed by atoms with Crippen molar-refractivity contribution in [2.45, 2.75) is 51.0 Å². The van der Waals surface area contributed by atoms with Crippen molar-refractivity contribution in [1.82, 2.24) is 14.5 Å². The topological polar surface area (TPSA) is 55.2 Å². The second-order valence-corrected chi connectivity index (χ2v) is 8.81. The first-order chi connectivity index (χ1) is 13.7. The van der Waals surface area contributed by atoms with Crippen LogP contribution in [-0.4, -0.2) is 33.4 Å². The fourth-order valence-corrected chi connectivity index (χ4v) is 5.45. The number of nitrogens with zero attached hydrogens (tertiary/aromatic N) is 3. The van der Waals surface area contributed by atoms with Gasteiger partial charge in [0.05, 0.1) is 0 Å². The van der Waals surface area contributed by atoms with Crippen LogP contribution in [0.2, 0.25) is 0 Å². The van der Waals surface area contributed by atoms with Gasteiger partial charge in [0.2, 0.25) is 5.91 Å². The summed E-state index contributed by atoms with van der Waals surface area (Å²) >= 11 is 0. The van der Waals surface area contributed by atoms with Crippen molar-refractivity contribution in [2.75, 3.05) is 13.1 Å². The number of fused-ring (bicyclic) bond motifs is 4. The van der Waals surface area contributed by atoms with Crippen LogP contribution in [0.15, 0.2) is 41.5 Å². The fourth-order valence-electron chi connectivity index (χ4n) is 5.45. The van der Waals surface area contributed by atoms with E-state index in [1.165, 1.54) is 25.7 Å². The maximum atomic E-state index is 12.9. The highest BCUT2D eigenvalue weighted by molar-refractivity contribution is 5.76. The first-order valence-corrected chi connectivity index (χ1v) is 10.6. The third kappa shape index (κ3) is 3.27. The van der Waals surface area contributed by atoms with Gasteiger partial charge < -0.3 is 9.47 Å². The second kappa shape index (κ2) is 7.19. The zero-order valence-corrected chi connectivity index (χ0v) is 16.2. The van der Waals surface area contributed by atoms with Crippen LogP contribution >= 0.6 is 0 Å². The van der Waals surface area contributed by atoms with Crippen LogP contribution in [0.3, 0.4) is 0 Å². The summed E-state index contributed by atoms with van der Waals surface area (Å²) in [6.45, 7) is 2.28. The lowest BCUT2D eigenvalue weighted by Crippen LogP contribution is -2.49. The van der Waals surface area contributed by atoms with Gasteiger partial charge in [0.25, 0.3) is 5.56 Å². The molecule has 28 heavy (non-hydrogen) atoms. The van der Waals surface area contributed by atoms with E-state index in [-0.39, 0.29) is 11.5 Å². The molecular formula is C23H27N3O2. The number of likely N-dealkylation sites (tertiary alicyclic amines) is 1.